The maximum atomic E-state index is 11.1. The highest BCUT2D eigenvalue weighted by atomic mass is 35.5. The Hall–Kier alpha value is -1.25. The van der Waals surface area contributed by atoms with Crippen LogP contribution in [0.15, 0.2) is 15.9 Å². The number of diazo groups is 1. The van der Waals surface area contributed by atoms with Gasteiger partial charge in [-0.1, -0.05) is 11.6 Å². The molecule has 0 atom stereocenters. The lowest BCUT2D eigenvalue weighted by molar-refractivity contribution is 0.481. The van der Waals surface area contributed by atoms with Crippen LogP contribution in [0.2, 0.25) is 5.02 Å². The third-order valence-electron chi connectivity index (χ3n) is 2.04. The van der Waals surface area contributed by atoms with Crippen LogP contribution in [0.4, 0.5) is 5.69 Å². The van der Waals surface area contributed by atoms with E-state index in [9.17, 15) is 16.8 Å². The highest BCUT2D eigenvalue weighted by molar-refractivity contribution is 7.87. The molecule has 11 heteroatoms. The minimum absolute atomic E-state index is 0.223. The lowest BCUT2D eigenvalue weighted by Crippen LogP contribution is -2.06. The Morgan fingerprint density at radius 1 is 1.22 bits per heavy atom. The summed E-state index contributed by atoms with van der Waals surface area (Å²) in [6.45, 7) is 1.16. The van der Waals surface area contributed by atoms with Crippen LogP contribution in [-0.2, 0) is 20.2 Å². The molecule has 0 amide bonds. The Morgan fingerprint density at radius 3 is 2.06 bits per heavy atom. The standard InChI is InChI=1S/C7H5ClN2O6S2/c1-3-4(8)2-5(17(11,12)13)6(10-9)7(3)18(14,15)16/h2H,1H3,(H-,11,12,13,14,15,16)/p+1. The van der Waals surface area contributed by atoms with Crippen LogP contribution < -0.4 is 0 Å². The van der Waals surface area contributed by atoms with Gasteiger partial charge in [-0.05, 0) is 18.6 Å². The molecule has 1 aromatic rings. The summed E-state index contributed by atoms with van der Waals surface area (Å²) in [5.41, 5.74) is -1.23. The van der Waals surface area contributed by atoms with Gasteiger partial charge in [-0.15, -0.1) is 0 Å². The zero-order valence-electron chi connectivity index (χ0n) is 8.69. The maximum Gasteiger partial charge on any atom is 0.427 e. The number of hydrogen-bond donors (Lipinski definition) is 2. The van der Waals surface area contributed by atoms with Crippen molar-refractivity contribution < 1.29 is 25.9 Å². The average molecular weight is 314 g/mol. The molecule has 0 aliphatic rings. The highest BCUT2D eigenvalue weighted by Crippen LogP contribution is 2.38. The Morgan fingerprint density at radius 2 is 1.72 bits per heavy atom. The molecule has 2 N–H and O–H groups in total. The van der Waals surface area contributed by atoms with Crippen LogP contribution in [0, 0.1) is 12.3 Å². The van der Waals surface area contributed by atoms with E-state index in [-0.39, 0.29) is 10.6 Å². The van der Waals surface area contributed by atoms with Crippen molar-refractivity contribution in [3.8, 4) is 0 Å². The molecule has 1 rings (SSSR count). The Kier molecular flexibility index (Phi) is 3.66. The summed E-state index contributed by atoms with van der Waals surface area (Å²) < 4.78 is 62.1. The van der Waals surface area contributed by atoms with Crippen molar-refractivity contribution in [2.75, 3.05) is 0 Å². The molecule has 0 aliphatic heterocycles. The molecule has 0 spiro atoms. The van der Waals surface area contributed by atoms with Gasteiger partial charge in [0.1, 0.15) is 0 Å². The zero-order valence-corrected chi connectivity index (χ0v) is 11.1. The van der Waals surface area contributed by atoms with Crippen LogP contribution in [-0.4, -0.2) is 25.9 Å². The van der Waals surface area contributed by atoms with Gasteiger partial charge in [0, 0.05) is 5.02 Å². The molecule has 0 bridgehead atoms. The van der Waals surface area contributed by atoms with Gasteiger partial charge < -0.3 is 0 Å². The predicted molar refractivity (Wildman–Crippen MR) is 60.6 cm³/mol. The second-order valence-electron chi connectivity index (χ2n) is 3.21. The minimum Gasteiger partial charge on any atom is -0.282 e. The van der Waals surface area contributed by atoms with E-state index in [1.807, 2.05) is 0 Å². The molecule has 18 heavy (non-hydrogen) atoms. The number of halogens is 1. The summed E-state index contributed by atoms with van der Waals surface area (Å²) >= 11 is 5.59. The molecule has 98 valence electrons. The Bertz CT molecular complexity index is 762. The van der Waals surface area contributed by atoms with E-state index in [1.165, 1.54) is 0 Å². The molecule has 8 nitrogen and oxygen atoms in total. The largest absolute Gasteiger partial charge is 0.427 e. The van der Waals surface area contributed by atoms with Gasteiger partial charge in [0.25, 0.3) is 0 Å². The lowest BCUT2D eigenvalue weighted by Gasteiger charge is -2.04. The first kappa shape index (κ1) is 14.8. The molecular formula is C7H6ClN2O6S2+. The first-order valence-electron chi connectivity index (χ1n) is 4.13. The summed E-state index contributed by atoms with van der Waals surface area (Å²) in [4.78, 5) is 0.439. The number of benzene rings is 1. The lowest BCUT2D eigenvalue weighted by atomic mass is 10.2. The second kappa shape index (κ2) is 4.45. The van der Waals surface area contributed by atoms with E-state index in [0.717, 1.165) is 6.92 Å². The molecule has 0 heterocycles. The van der Waals surface area contributed by atoms with Gasteiger partial charge in [-0.3, -0.25) is 9.11 Å². The van der Waals surface area contributed by atoms with Crippen LogP contribution in [0.1, 0.15) is 5.56 Å². The summed E-state index contributed by atoms with van der Waals surface area (Å²) in [6.07, 6.45) is 0. The number of nitrogens with zero attached hydrogens (tertiary/aromatic N) is 2. The molecule has 1 aromatic carbocycles. The van der Waals surface area contributed by atoms with Gasteiger partial charge in [0.05, 0.1) is 0 Å². The molecular weight excluding hydrogens is 308 g/mol. The first-order valence-corrected chi connectivity index (χ1v) is 7.39. The summed E-state index contributed by atoms with van der Waals surface area (Å²) in [5.74, 6) is 0. The quantitative estimate of drug-likeness (QED) is 0.625. The molecule has 0 aliphatic carbocycles. The van der Waals surface area contributed by atoms with Gasteiger partial charge in [-0.25, -0.2) is 0 Å². The molecule has 0 saturated heterocycles. The summed E-state index contributed by atoms with van der Waals surface area (Å²) in [7, 11) is -9.78. The van der Waals surface area contributed by atoms with Crippen molar-refractivity contribution in [2.45, 2.75) is 16.7 Å². The maximum absolute atomic E-state index is 11.1. The third-order valence-corrected chi connectivity index (χ3v) is 4.32. The van der Waals surface area contributed by atoms with Gasteiger partial charge >= 0.3 is 25.9 Å². The second-order valence-corrected chi connectivity index (χ2v) is 6.36. The van der Waals surface area contributed by atoms with E-state index in [1.54, 1.807) is 0 Å². The van der Waals surface area contributed by atoms with Crippen molar-refractivity contribution in [2.24, 2.45) is 0 Å². The summed E-state index contributed by atoms with van der Waals surface area (Å²) in [5, 5.41) is 8.33. The Labute approximate surface area is 107 Å². The van der Waals surface area contributed by atoms with E-state index >= 15 is 0 Å². The van der Waals surface area contributed by atoms with Crippen molar-refractivity contribution in [3.63, 3.8) is 0 Å². The normalized spacial score (nSPS) is 12.2. The SMILES string of the molecule is Cc1c(Cl)cc(S(=O)(=O)O)c([N+]#N)c1S(=O)(=O)O. The van der Waals surface area contributed by atoms with Crippen molar-refractivity contribution in [1.82, 2.24) is 0 Å². The van der Waals surface area contributed by atoms with E-state index in [2.05, 4.69) is 4.98 Å². The third kappa shape index (κ3) is 2.60. The Balaban J connectivity index is 4.07. The van der Waals surface area contributed by atoms with Gasteiger partial charge in [0.2, 0.25) is 5.39 Å². The zero-order chi connectivity index (χ0) is 14.3. The fourth-order valence-electron chi connectivity index (χ4n) is 1.30. The fourth-order valence-corrected chi connectivity index (χ4v) is 3.23. The molecule has 0 radical (unpaired) electrons. The van der Waals surface area contributed by atoms with Crippen molar-refractivity contribution in [1.29, 1.82) is 5.39 Å². The molecule has 0 fully saturated rings. The van der Waals surface area contributed by atoms with Crippen LogP contribution in [0.5, 0.6) is 0 Å². The molecule has 0 unspecified atom stereocenters. The fraction of sp³-hybridized carbons (Fsp3) is 0.143. The number of rotatable bonds is 2. The van der Waals surface area contributed by atoms with Crippen LogP contribution in [0.3, 0.4) is 0 Å². The molecule has 0 saturated carbocycles. The molecule has 0 aromatic heterocycles. The number of hydrogen-bond acceptors (Lipinski definition) is 5. The van der Waals surface area contributed by atoms with E-state index < -0.39 is 35.7 Å². The topological polar surface area (TPSA) is 137 Å². The summed E-state index contributed by atoms with van der Waals surface area (Å²) in [6, 6.07) is 0.704. The average Bonchev–Trinajstić information content (AvgIpc) is 2.17. The smallest absolute Gasteiger partial charge is 0.282 e. The van der Waals surface area contributed by atoms with Crippen molar-refractivity contribution in [3.05, 3.63) is 21.6 Å². The van der Waals surface area contributed by atoms with Crippen LogP contribution >= 0.6 is 11.6 Å². The van der Waals surface area contributed by atoms with E-state index in [4.69, 9.17) is 26.1 Å². The first-order chi connectivity index (χ1) is 8.00. The van der Waals surface area contributed by atoms with Crippen molar-refractivity contribution >= 4 is 37.5 Å². The predicted octanol–water partition coefficient (Wildman–Crippen LogP) is 1.63. The monoisotopic (exact) mass is 313 g/mol. The van der Waals surface area contributed by atoms with Crippen LogP contribution in [0.25, 0.3) is 4.98 Å². The van der Waals surface area contributed by atoms with Gasteiger partial charge in [-0.2, -0.15) is 16.8 Å². The van der Waals surface area contributed by atoms with E-state index in [0.29, 0.717) is 6.07 Å². The van der Waals surface area contributed by atoms with Gasteiger partial charge in [0.15, 0.2) is 14.8 Å². The highest BCUT2D eigenvalue weighted by Gasteiger charge is 2.37. The minimum atomic E-state index is -4.90.